The number of benzene rings is 1. The van der Waals surface area contributed by atoms with Gasteiger partial charge in [-0.3, -0.25) is 0 Å². The van der Waals surface area contributed by atoms with Crippen molar-refractivity contribution in [3.05, 3.63) is 29.3 Å². The molecule has 0 amide bonds. The molecule has 0 aromatic heterocycles. The molecule has 0 bridgehead atoms. The van der Waals surface area contributed by atoms with Gasteiger partial charge in [0.1, 0.15) is 5.75 Å². The Bertz CT molecular complexity index is 367. The molecular weight excluding hydrogens is 230 g/mol. The Labute approximate surface area is 108 Å². The van der Waals surface area contributed by atoms with Crippen LogP contribution in [0.2, 0.25) is 0 Å². The van der Waals surface area contributed by atoms with E-state index >= 15 is 0 Å². The lowest BCUT2D eigenvalue weighted by molar-refractivity contribution is 0.339. The van der Waals surface area contributed by atoms with E-state index in [2.05, 4.69) is 30.4 Å². The molecule has 1 heterocycles. The van der Waals surface area contributed by atoms with Crippen molar-refractivity contribution in [1.82, 2.24) is 5.32 Å². The molecule has 1 aromatic rings. The maximum absolute atomic E-state index is 5.59. The fourth-order valence-electron chi connectivity index (χ4n) is 2.15. The standard InChI is InChI=1S/C14H21NOS/c1-3-7-15-14-10-17-9-11-5-6-12(16-4-2)8-13(11)14/h5-6,8,14-15H,3-4,7,9-10H2,1-2H3. The van der Waals surface area contributed by atoms with E-state index in [9.17, 15) is 0 Å². The van der Waals surface area contributed by atoms with Crippen LogP contribution < -0.4 is 10.1 Å². The molecular formula is C14H21NOS. The second-order valence-corrected chi connectivity index (χ2v) is 5.35. The maximum atomic E-state index is 5.59. The highest BCUT2D eigenvalue weighted by molar-refractivity contribution is 7.98. The molecule has 1 aliphatic rings. The molecule has 3 heteroatoms. The summed E-state index contributed by atoms with van der Waals surface area (Å²) in [6.07, 6.45) is 1.18. The smallest absolute Gasteiger partial charge is 0.119 e. The Balaban J connectivity index is 2.18. The largest absolute Gasteiger partial charge is 0.494 e. The van der Waals surface area contributed by atoms with Crippen molar-refractivity contribution in [1.29, 1.82) is 0 Å². The summed E-state index contributed by atoms with van der Waals surface area (Å²) >= 11 is 2.01. The monoisotopic (exact) mass is 251 g/mol. The van der Waals surface area contributed by atoms with Gasteiger partial charge in [-0.2, -0.15) is 11.8 Å². The van der Waals surface area contributed by atoms with Crippen molar-refractivity contribution in [3.8, 4) is 5.75 Å². The van der Waals surface area contributed by atoms with E-state index in [4.69, 9.17) is 4.74 Å². The molecule has 2 nitrogen and oxygen atoms in total. The van der Waals surface area contributed by atoms with Crippen LogP contribution in [-0.2, 0) is 5.75 Å². The average molecular weight is 251 g/mol. The topological polar surface area (TPSA) is 21.3 Å². The summed E-state index contributed by atoms with van der Waals surface area (Å²) in [5, 5.41) is 3.62. The first-order chi connectivity index (χ1) is 8.35. The highest BCUT2D eigenvalue weighted by Gasteiger charge is 2.20. The van der Waals surface area contributed by atoms with Gasteiger partial charge in [0.15, 0.2) is 0 Å². The van der Waals surface area contributed by atoms with Crippen LogP contribution in [0.1, 0.15) is 37.4 Å². The van der Waals surface area contributed by atoms with Crippen molar-refractivity contribution in [2.75, 3.05) is 18.9 Å². The van der Waals surface area contributed by atoms with Gasteiger partial charge in [-0.05, 0) is 43.1 Å². The Hall–Kier alpha value is -0.670. The number of hydrogen-bond donors (Lipinski definition) is 1. The molecule has 0 aliphatic carbocycles. The summed E-state index contributed by atoms with van der Waals surface area (Å²) in [6.45, 7) is 6.06. The molecule has 0 fully saturated rings. The summed E-state index contributed by atoms with van der Waals surface area (Å²) in [6, 6.07) is 7.01. The lowest BCUT2D eigenvalue weighted by Crippen LogP contribution is -2.27. The number of hydrogen-bond acceptors (Lipinski definition) is 3. The second-order valence-electron chi connectivity index (χ2n) is 4.32. The van der Waals surface area contributed by atoms with Gasteiger partial charge in [0.25, 0.3) is 0 Å². The van der Waals surface area contributed by atoms with Gasteiger partial charge in [-0.15, -0.1) is 0 Å². The second kappa shape index (κ2) is 6.31. The fourth-order valence-corrected chi connectivity index (χ4v) is 3.28. The molecule has 0 saturated heterocycles. The van der Waals surface area contributed by atoms with Crippen LogP contribution in [-0.4, -0.2) is 18.9 Å². The van der Waals surface area contributed by atoms with Crippen LogP contribution in [0.4, 0.5) is 0 Å². The van der Waals surface area contributed by atoms with Gasteiger partial charge in [0.2, 0.25) is 0 Å². The minimum atomic E-state index is 0.490. The normalized spacial score (nSPS) is 18.8. The zero-order valence-electron chi connectivity index (χ0n) is 10.7. The third-order valence-corrected chi connectivity index (χ3v) is 4.07. The number of fused-ring (bicyclic) bond motifs is 1. The zero-order valence-corrected chi connectivity index (χ0v) is 11.5. The number of ether oxygens (including phenoxy) is 1. The van der Waals surface area contributed by atoms with Crippen molar-refractivity contribution < 1.29 is 4.74 Å². The van der Waals surface area contributed by atoms with E-state index < -0.39 is 0 Å². The number of rotatable bonds is 5. The Morgan fingerprint density at radius 2 is 2.29 bits per heavy atom. The lowest BCUT2D eigenvalue weighted by Gasteiger charge is -2.26. The van der Waals surface area contributed by atoms with Crippen molar-refractivity contribution in [2.45, 2.75) is 32.1 Å². The van der Waals surface area contributed by atoms with E-state index in [0.717, 1.165) is 24.7 Å². The Morgan fingerprint density at radius 1 is 1.41 bits per heavy atom. The third kappa shape index (κ3) is 3.17. The van der Waals surface area contributed by atoms with Gasteiger partial charge >= 0.3 is 0 Å². The van der Waals surface area contributed by atoms with E-state index in [-0.39, 0.29) is 0 Å². The van der Waals surface area contributed by atoms with Crippen LogP contribution in [0.15, 0.2) is 18.2 Å². The number of nitrogens with one attached hydrogen (secondary N) is 1. The zero-order chi connectivity index (χ0) is 12.1. The first-order valence-corrected chi connectivity index (χ1v) is 7.57. The van der Waals surface area contributed by atoms with Gasteiger partial charge in [0.05, 0.1) is 6.61 Å². The first kappa shape index (κ1) is 12.8. The van der Waals surface area contributed by atoms with Crippen LogP contribution in [0.25, 0.3) is 0 Å². The van der Waals surface area contributed by atoms with Crippen LogP contribution in [0, 0.1) is 0 Å². The molecule has 94 valence electrons. The summed E-state index contributed by atoms with van der Waals surface area (Å²) < 4.78 is 5.59. The predicted molar refractivity (Wildman–Crippen MR) is 74.8 cm³/mol. The highest BCUT2D eigenvalue weighted by atomic mass is 32.2. The van der Waals surface area contributed by atoms with Crippen LogP contribution >= 0.6 is 11.8 Å². The molecule has 1 atom stereocenters. The minimum absolute atomic E-state index is 0.490. The van der Waals surface area contributed by atoms with Gasteiger partial charge < -0.3 is 10.1 Å². The SMILES string of the molecule is CCCNC1CSCc2ccc(OCC)cc21. The van der Waals surface area contributed by atoms with E-state index in [1.165, 1.54) is 23.3 Å². The molecule has 1 aliphatic heterocycles. The van der Waals surface area contributed by atoms with E-state index in [1.54, 1.807) is 0 Å². The Kier molecular flexibility index (Phi) is 4.75. The lowest BCUT2D eigenvalue weighted by atomic mass is 10.0. The summed E-state index contributed by atoms with van der Waals surface area (Å²) in [4.78, 5) is 0. The van der Waals surface area contributed by atoms with Crippen LogP contribution in [0.3, 0.4) is 0 Å². The summed E-state index contributed by atoms with van der Waals surface area (Å²) in [5.74, 6) is 3.30. The highest BCUT2D eigenvalue weighted by Crippen LogP contribution is 2.33. The summed E-state index contributed by atoms with van der Waals surface area (Å²) in [5.41, 5.74) is 2.89. The first-order valence-electron chi connectivity index (χ1n) is 6.42. The summed E-state index contributed by atoms with van der Waals surface area (Å²) in [7, 11) is 0. The number of thioether (sulfide) groups is 1. The van der Waals surface area contributed by atoms with Crippen LogP contribution in [0.5, 0.6) is 5.75 Å². The predicted octanol–water partition coefficient (Wildman–Crippen LogP) is 3.37. The average Bonchev–Trinajstić information content (AvgIpc) is 2.36. The molecule has 0 radical (unpaired) electrons. The molecule has 0 saturated carbocycles. The molecule has 1 unspecified atom stereocenters. The molecule has 1 aromatic carbocycles. The molecule has 0 spiro atoms. The van der Waals surface area contributed by atoms with Crippen molar-refractivity contribution in [3.63, 3.8) is 0 Å². The molecule has 1 N–H and O–H groups in total. The Morgan fingerprint density at radius 3 is 3.06 bits per heavy atom. The minimum Gasteiger partial charge on any atom is -0.494 e. The molecule has 2 rings (SSSR count). The van der Waals surface area contributed by atoms with Gasteiger partial charge in [-0.1, -0.05) is 13.0 Å². The van der Waals surface area contributed by atoms with Crippen molar-refractivity contribution >= 4 is 11.8 Å². The van der Waals surface area contributed by atoms with Gasteiger partial charge in [0, 0.05) is 17.5 Å². The van der Waals surface area contributed by atoms with E-state index in [0.29, 0.717) is 6.04 Å². The molecule has 17 heavy (non-hydrogen) atoms. The van der Waals surface area contributed by atoms with Crippen molar-refractivity contribution in [2.24, 2.45) is 0 Å². The fraction of sp³-hybridized carbons (Fsp3) is 0.571. The maximum Gasteiger partial charge on any atom is 0.119 e. The van der Waals surface area contributed by atoms with Gasteiger partial charge in [-0.25, -0.2) is 0 Å². The van der Waals surface area contributed by atoms with E-state index in [1.807, 2.05) is 18.7 Å². The third-order valence-electron chi connectivity index (χ3n) is 2.99. The quantitative estimate of drug-likeness (QED) is 0.867.